The third-order valence-electron chi connectivity index (χ3n) is 3.50. The minimum absolute atomic E-state index is 0.115. The molecule has 0 saturated carbocycles. The van der Waals surface area contributed by atoms with Gasteiger partial charge in [0.25, 0.3) is 0 Å². The zero-order valence-electron chi connectivity index (χ0n) is 12.0. The lowest BCUT2D eigenvalue weighted by atomic mass is 9.90. The first-order valence-corrected chi connectivity index (χ1v) is 6.50. The Kier molecular flexibility index (Phi) is 3.91. The van der Waals surface area contributed by atoms with E-state index in [2.05, 4.69) is 32.9 Å². The minimum Gasteiger partial charge on any atom is -0.497 e. The van der Waals surface area contributed by atoms with Crippen LogP contribution in [0.1, 0.15) is 33.9 Å². The van der Waals surface area contributed by atoms with Crippen LogP contribution in [0.2, 0.25) is 0 Å². The largest absolute Gasteiger partial charge is 0.497 e. The smallest absolute Gasteiger partial charge is 0.119 e. The monoisotopic (exact) mass is 255 g/mol. The maximum Gasteiger partial charge on any atom is 0.119 e. The van der Waals surface area contributed by atoms with Crippen molar-refractivity contribution in [2.75, 3.05) is 7.11 Å². The second-order valence-corrected chi connectivity index (χ2v) is 5.07. The predicted octanol–water partition coefficient (Wildman–Crippen LogP) is 3.67. The van der Waals surface area contributed by atoms with Gasteiger partial charge in [-0.05, 0) is 55.2 Å². The first kappa shape index (κ1) is 13.6. The molecule has 0 radical (unpaired) electrons. The Labute approximate surface area is 115 Å². The number of hydrogen-bond donors (Lipinski definition) is 1. The van der Waals surface area contributed by atoms with Crippen LogP contribution in [0.4, 0.5) is 0 Å². The van der Waals surface area contributed by atoms with Crippen molar-refractivity contribution in [2.45, 2.75) is 26.8 Å². The van der Waals surface area contributed by atoms with Crippen LogP contribution in [0.5, 0.6) is 5.75 Å². The molecule has 0 aliphatic carbocycles. The van der Waals surface area contributed by atoms with Crippen LogP contribution in [0.3, 0.4) is 0 Å². The summed E-state index contributed by atoms with van der Waals surface area (Å²) in [6.07, 6.45) is 0. The molecule has 2 heteroatoms. The van der Waals surface area contributed by atoms with Gasteiger partial charge in [-0.1, -0.05) is 29.8 Å². The maximum absolute atomic E-state index is 6.44. The average molecular weight is 255 g/mol. The molecule has 100 valence electrons. The van der Waals surface area contributed by atoms with E-state index in [0.29, 0.717) is 0 Å². The van der Waals surface area contributed by atoms with Crippen molar-refractivity contribution in [1.29, 1.82) is 0 Å². The summed E-state index contributed by atoms with van der Waals surface area (Å²) in [5.41, 5.74) is 12.5. The van der Waals surface area contributed by atoms with Crippen molar-refractivity contribution in [3.05, 3.63) is 64.2 Å². The lowest BCUT2D eigenvalue weighted by Gasteiger charge is -2.19. The van der Waals surface area contributed by atoms with Crippen LogP contribution in [-0.2, 0) is 0 Å². The van der Waals surface area contributed by atoms with Crippen LogP contribution in [0.15, 0.2) is 36.4 Å². The average Bonchev–Trinajstić information content (AvgIpc) is 2.37. The van der Waals surface area contributed by atoms with Gasteiger partial charge in [-0.25, -0.2) is 0 Å². The van der Waals surface area contributed by atoms with Crippen molar-refractivity contribution in [3.63, 3.8) is 0 Å². The number of ether oxygens (including phenoxy) is 1. The van der Waals surface area contributed by atoms with Crippen LogP contribution in [-0.4, -0.2) is 7.11 Å². The van der Waals surface area contributed by atoms with Gasteiger partial charge in [-0.15, -0.1) is 0 Å². The molecular formula is C17H21NO. The highest BCUT2D eigenvalue weighted by Crippen LogP contribution is 2.28. The molecule has 1 unspecified atom stereocenters. The lowest BCUT2D eigenvalue weighted by Crippen LogP contribution is -2.15. The van der Waals surface area contributed by atoms with E-state index in [0.717, 1.165) is 11.3 Å². The SMILES string of the molecule is COc1cccc(C(N)c2c(C)cc(C)cc2C)c1. The Bertz CT molecular complexity index is 567. The summed E-state index contributed by atoms with van der Waals surface area (Å²) in [6.45, 7) is 6.35. The first-order valence-electron chi connectivity index (χ1n) is 6.50. The normalized spacial score (nSPS) is 12.3. The molecule has 2 N–H and O–H groups in total. The van der Waals surface area contributed by atoms with E-state index in [4.69, 9.17) is 10.5 Å². The lowest BCUT2D eigenvalue weighted by molar-refractivity contribution is 0.414. The van der Waals surface area contributed by atoms with Crippen LogP contribution < -0.4 is 10.5 Å². The summed E-state index contributed by atoms with van der Waals surface area (Å²) >= 11 is 0. The Morgan fingerprint density at radius 1 is 1.00 bits per heavy atom. The molecule has 0 aliphatic heterocycles. The van der Waals surface area contributed by atoms with Gasteiger partial charge in [0, 0.05) is 0 Å². The standard InChI is InChI=1S/C17H21NO/c1-11-8-12(2)16(13(3)9-11)17(18)14-6-5-7-15(10-14)19-4/h5-10,17H,18H2,1-4H3. The Morgan fingerprint density at radius 3 is 2.21 bits per heavy atom. The van der Waals surface area contributed by atoms with E-state index in [1.807, 2.05) is 24.3 Å². The third-order valence-corrected chi connectivity index (χ3v) is 3.50. The molecule has 0 fully saturated rings. The fourth-order valence-electron chi connectivity index (χ4n) is 2.68. The number of nitrogens with two attached hydrogens (primary N) is 1. The van der Waals surface area contributed by atoms with E-state index in [1.165, 1.54) is 22.3 Å². The topological polar surface area (TPSA) is 35.2 Å². The molecule has 0 amide bonds. The molecule has 0 heterocycles. The first-order chi connectivity index (χ1) is 9.02. The summed E-state index contributed by atoms with van der Waals surface area (Å²) in [5, 5.41) is 0. The van der Waals surface area contributed by atoms with Gasteiger partial charge < -0.3 is 10.5 Å². The van der Waals surface area contributed by atoms with Gasteiger partial charge in [-0.3, -0.25) is 0 Å². The maximum atomic E-state index is 6.44. The molecule has 2 aromatic rings. The fraction of sp³-hybridized carbons (Fsp3) is 0.294. The van der Waals surface area contributed by atoms with Crippen molar-refractivity contribution < 1.29 is 4.74 Å². The highest BCUT2D eigenvalue weighted by molar-refractivity contribution is 5.45. The second kappa shape index (κ2) is 5.45. The van der Waals surface area contributed by atoms with Crippen LogP contribution in [0.25, 0.3) is 0 Å². The number of hydrogen-bond acceptors (Lipinski definition) is 2. The Hall–Kier alpha value is -1.80. The highest BCUT2D eigenvalue weighted by Gasteiger charge is 2.15. The molecule has 0 spiro atoms. The molecule has 0 aliphatic rings. The molecule has 0 aromatic heterocycles. The van der Waals surface area contributed by atoms with Gasteiger partial charge in [0.05, 0.1) is 13.2 Å². The van der Waals surface area contributed by atoms with E-state index in [9.17, 15) is 0 Å². The summed E-state index contributed by atoms with van der Waals surface area (Å²) in [5.74, 6) is 0.843. The van der Waals surface area contributed by atoms with Crippen molar-refractivity contribution in [2.24, 2.45) is 5.73 Å². The molecular weight excluding hydrogens is 234 g/mol. The van der Waals surface area contributed by atoms with E-state index >= 15 is 0 Å². The molecule has 1 atom stereocenters. The summed E-state index contributed by atoms with van der Waals surface area (Å²) in [4.78, 5) is 0. The minimum atomic E-state index is -0.115. The highest BCUT2D eigenvalue weighted by atomic mass is 16.5. The molecule has 2 aromatic carbocycles. The van der Waals surface area contributed by atoms with Gasteiger partial charge in [0.2, 0.25) is 0 Å². The fourth-order valence-corrected chi connectivity index (χ4v) is 2.68. The van der Waals surface area contributed by atoms with Crippen molar-refractivity contribution in [1.82, 2.24) is 0 Å². The number of benzene rings is 2. The molecule has 0 saturated heterocycles. The number of methoxy groups -OCH3 is 1. The van der Waals surface area contributed by atoms with Gasteiger partial charge in [0.15, 0.2) is 0 Å². The van der Waals surface area contributed by atoms with Crippen molar-refractivity contribution in [3.8, 4) is 5.75 Å². The van der Waals surface area contributed by atoms with E-state index in [-0.39, 0.29) is 6.04 Å². The predicted molar refractivity (Wildman–Crippen MR) is 79.7 cm³/mol. The van der Waals surface area contributed by atoms with Crippen LogP contribution in [0, 0.1) is 20.8 Å². The van der Waals surface area contributed by atoms with Crippen molar-refractivity contribution >= 4 is 0 Å². The van der Waals surface area contributed by atoms with E-state index in [1.54, 1.807) is 7.11 Å². The summed E-state index contributed by atoms with van der Waals surface area (Å²) in [7, 11) is 1.67. The van der Waals surface area contributed by atoms with Crippen LogP contribution >= 0.6 is 0 Å². The Balaban J connectivity index is 2.46. The second-order valence-electron chi connectivity index (χ2n) is 5.07. The van der Waals surface area contributed by atoms with Gasteiger partial charge >= 0.3 is 0 Å². The zero-order valence-corrected chi connectivity index (χ0v) is 12.0. The molecule has 2 rings (SSSR count). The summed E-state index contributed by atoms with van der Waals surface area (Å²) < 4.78 is 5.26. The van der Waals surface area contributed by atoms with Gasteiger partial charge in [-0.2, -0.15) is 0 Å². The third kappa shape index (κ3) is 2.79. The molecule has 19 heavy (non-hydrogen) atoms. The number of rotatable bonds is 3. The molecule has 0 bridgehead atoms. The zero-order chi connectivity index (χ0) is 14.0. The summed E-state index contributed by atoms with van der Waals surface area (Å²) in [6, 6.07) is 12.2. The molecule has 2 nitrogen and oxygen atoms in total. The van der Waals surface area contributed by atoms with Gasteiger partial charge in [0.1, 0.15) is 5.75 Å². The van der Waals surface area contributed by atoms with E-state index < -0.39 is 0 Å². The quantitative estimate of drug-likeness (QED) is 0.908. The number of aryl methyl sites for hydroxylation is 3. The Morgan fingerprint density at radius 2 is 1.63 bits per heavy atom.